The largest absolute Gasteiger partial charge is 0.497 e. The van der Waals surface area contributed by atoms with Crippen molar-refractivity contribution in [1.82, 2.24) is 5.06 Å². The van der Waals surface area contributed by atoms with Crippen LogP contribution >= 0.6 is 0 Å². The first-order valence-electron chi connectivity index (χ1n) is 4.81. The van der Waals surface area contributed by atoms with Crippen LogP contribution in [-0.2, 0) is 9.63 Å². The second-order valence-electron chi connectivity index (χ2n) is 3.12. The number of nitrogens with zero attached hydrogens (tertiary/aromatic N) is 1. The van der Waals surface area contributed by atoms with Gasteiger partial charge < -0.3 is 4.74 Å². The van der Waals surface area contributed by atoms with E-state index in [0.717, 1.165) is 16.4 Å². The third-order valence-corrected chi connectivity index (χ3v) is 2.12. The van der Waals surface area contributed by atoms with Gasteiger partial charge in [-0.3, -0.25) is 9.63 Å². The molecule has 0 aliphatic carbocycles. The van der Waals surface area contributed by atoms with Crippen LogP contribution in [0.25, 0.3) is 6.08 Å². The summed E-state index contributed by atoms with van der Waals surface area (Å²) in [5, 5.41) is 1.15. The number of hydroxylamine groups is 2. The van der Waals surface area contributed by atoms with Gasteiger partial charge in [0, 0.05) is 13.1 Å². The van der Waals surface area contributed by atoms with E-state index in [2.05, 4.69) is 0 Å². The lowest BCUT2D eigenvalue weighted by Crippen LogP contribution is -2.22. The van der Waals surface area contributed by atoms with Crippen LogP contribution in [0.5, 0.6) is 5.75 Å². The zero-order chi connectivity index (χ0) is 12.0. The molecule has 1 aromatic rings. The Morgan fingerprint density at radius 3 is 2.38 bits per heavy atom. The third kappa shape index (κ3) is 3.40. The van der Waals surface area contributed by atoms with Gasteiger partial charge >= 0.3 is 0 Å². The number of hydrogen-bond donors (Lipinski definition) is 0. The molecule has 1 rings (SSSR count). The van der Waals surface area contributed by atoms with Crippen molar-refractivity contribution >= 4 is 12.0 Å². The van der Waals surface area contributed by atoms with Crippen LogP contribution in [-0.4, -0.2) is 32.2 Å². The Labute approximate surface area is 95.0 Å². The standard InChI is InChI=1S/C12H15NO3/c1-13(16-3)12(14)9-6-10-4-7-11(15-2)8-5-10/h4-9H,1-3H3/b9-6+. The van der Waals surface area contributed by atoms with E-state index in [1.54, 1.807) is 20.2 Å². The van der Waals surface area contributed by atoms with Crippen LogP contribution in [0.1, 0.15) is 5.56 Å². The Morgan fingerprint density at radius 2 is 1.88 bits per heavy atom. The topological polar surface area (TPSA) is 38.8 Å². The van der Waals surface area contributed by atoms with E-state index in [9.17, 15) is 4.79 Å². The van der Waals surface area contributed by atoms with Gasteiger partial charge in [-0.15, -0.1) is 0 Å². The second kappa shape index (κ2) is 5.92. The van der Waals surface area contributed by atoms with Crippen LogP contribution < -0.4 is 4.74 Å². The molecule has 0 saturated carbocycles. The van der Waals surface area contributed by atoms with E-state index in [0.29, 0.717) is 0 Å². The first-order chi connectivity index (χ1) is 7.67. The van der Waals surface area contributed by atoms with Crippen molar-refractivity contribution in [3.8, 4) is 5.75 Å². The van der Waals surface area contributed by atoms with Crippen molar-refractivity contribution in [2.75, 3.05) is 21.3 Å². The van der Waals surface area contributed by atoms with Gasteiger partial charge in [0.15, 0.2) is 0 Å². The second-order valence-corrected chi connectivity index (χ2v) is 3.12. The smallest absolute Gasteiger partial charge is 0.269 e. The van der Waals surface area contributed by atoms with Gasteiger partial charge in [-0.1, -0.05) is 12.1 Å². The van der Waals surface area contributed by atoms with Crippen molar-refractivity contribution < 1.29 is 14.4 Å². The minimum absolute atomic E-state index is 0.210. The number of carbonyl (C=O) groups is 1. The molecule has 0 aliphatic rings. The summed E-state index contributed by atoms with van der Waals surface area (Å²) in [6.07, 6.45) is 3.17. The van der Waals surface area contributed by atoms with Crippen molar-refractivity contribution in [3.63, 3.8) is 0 Å². The summed E-state index contributed by atoms with van der Waals surface area (Å²) in [5.74, 6) is 0.579. The molecule has 16 heavy (non-hydrogen) atoms. The lowest BCUT2D eigenvalue weighted by molar-refractivity contribution is -0.162. The number of hydrogen-bond acceptors (Lipinski definition) is 3. The van der Waals surface area contributed by atoms with Crippen LogP contribution in [0, 0.1) is 0 Å². The Bertz CT molecular complexity index is 370. The maximum absolute atomic E-state index is 11.4. The summed E-state index contributed by atoms with van der Waals surface area (Å²) in [6, 6.07) is 7.42. The fourth-order valence-electron chi connectivity index (χ4n) is 1.08. The van der Waals surface area contributed by atoms with E-state index in [1.165, 1.54) is 13.2 Å². The minimum atomic E-state index is -0.210. The van der Waals surface area contributed by atoms with Crippen LogP contribution in [0.3, 0.4) is 0 Å². The van der Waals surface area contributed by atoms with Crippen molar-refractivity contribution in [2.45, 2.75) is 0 Å². The van der Waals surface area contributed by atoms with Crippen LogP contribution in [0.15, 0.2) is 30.3 Å². The highest BCUT2D eigenvalue weighted by Crippen LogP contribution is 2.12. The zero-order valence-corrected chi connectivity index (χ0v) is 9.64. The zero-order valence-electron chi connectivity index (χ0n) is 9.64. The Balaban J connectivity index is 2.65. The van der Waals surface area contributed by atoms with E-state index in [1.807, 2.05) is 24.3 Å². The van der Waals surface area contributed by atoms with Gasteiger partial charge in [0.1, 0.15) is 5.75 Å². The summed E-state index contributed by atoms with van der Waals surface area (Å²) >= 11 is 0. The Kier molecular flexibility index (Phi) is 4.54. The van der Waals surface area contributed by atoms with Crippen molar-refractivity contribution in [3.05, 3.63) is 35.9 Å². The fourth-order valence-corrected chi connectivity index (χ4v) is 1.08. The monoisotopic (exact) mass is 221 g/mol. The highest BCUT2D eigenvalue weighted by Gasteiger charge is 2.01. The molecule has 0 fully saturated rings. The molecule has 0 unspecified atom stereocenters. The summed E-state index contributed by atoms with van der Waals surface area (Å²) in [7, 11) is 4.61. The molecule has 0 bridgehead atoms. The molecule has 0 spiro atoms. The van der Waals surface area contributed by atoms with Gasteiger partial charge in [0.25, 0.3) is 5.91 Å². The molecule has 0 aromatic heterocycles. The van der Waals surface area contributed by atoms with E-state index < -0.39 is 0 Å². The van der Waals surface area contributed by atoms with Crippen LogP contribution in [0.2, 0.25) is 0 Å². The maximum atomic E-state index is 11.4. The van der Waals surface area contributed by atoms with Gasteiger partial charge in [-0.05, 0) is 23.8 Å². The van der Waals surface area contributed by atoms with Crippen LogP contribution in [0.4, 0.5) is 0 Å². The third-order valence-electron chi connectivity index (χ3n) is 2.12. The molecule has 4 heteroatoms. The molecule has 0 atom stereocenters. The quantitative estimate of drug-likeness (QED) is 0.574. The molecule has 1 aromatic carbocycles. The van der Waals surface area contributed by atoms with Gasteiger partial charge in [0.2, 0.25) is 0 Å². The highest BCUT2D eigenvalue weighted by molar-refractivity contribution is 5.90. The van der Waals surface area contributed by atoms with Gasteiger partial charge in [-0.25, -0.2) is 5.06 Å². The normalized spacial score (nSPS) is 10.4. The van der Waals surface area contributed by atoms with Crippen molar-refractivity contribution in [1.29, 1.82) is 0 Å². The predicted octanol–water partition coefficient (Wildman–Crippen LogP) is 1.73. The Hall–Kier alpha value is -1.81. The van der Waals surface area contributed by atoms with E-state index >= 15 is 0 Å². The summed E-state index contributed by atoms with van der Waals surface area (Å²) < 4.78 is 5.03. The lowest BCUT2D eigenvalue weighted by atomic mass is 10.2. The SMILES string of the molecule is COc1ccc(/C=C/C(=O)N(C)OC)cc1. The molecule has 0 N–H and O–H groups in total. The Morgan fingerprint density at radius 1 is 1.25 bits per heavy atom. The average Bonchev–Trinajstić information content (AvgIpc) is 2.35. The highest BCUT2D eigenvalue weighted by atomic mass is 16.7. The number of rotatable bonds is 4. The van der Waals surface area contributed by atoms with Crippen molar-refractivity contribution in [2.24, 2.45) is 0 Å². The number of likely N-dealkylation sites (N-methyl/N-ethyl adjacent to an activating group) is 1. The van der Waals surface area contributed by atoms with E-state index in [4.69, 9.17) is 9.57 Å². The van der Waals surface area contributed by atoms with E-state index in [-0.39, 0.29) is 5.91 Å². The van der Waals surface area contributed by atoms with Gasteiger partial charge in [0.05, 0.1) is 14.2 Å². The minimum Gasteiger partial charge on any atom is -0.497 e. The number of amides is 1. The lowest BCUT2D eigenvalue weighted by Gasteiger charge is -2.09. The molecular formula is C12H15NO3. The molecule has 86 valence electrons. The van der Waals surface area contributed by atoms with Gasteiger partial charge in [-0.2, -0.15) is 0 Å². The fraction of sp³-hybridized carbons (Fsp3) is 0.250. The summed E-state index contributed by atoms with van der Waals surface area (Å²) in [5.41, 5.74) is 0.929. The predicted molar refractivity (Wildman–Crippen MR) is 61.8 cm³/mol. The molecule has 0 aliphatic heterocycles. The average molecular weight is 221 g/mol. The molecule has 0 heterocycles. The summed E-state index contributed by atoms with van der Waals surface area (Å²) in [4.78, 5) is 16.1. The number of methoxy groups -OCH3 is 1. The number of benzene rings is 1. The number of carbonyl (C=O) groups excluding carboxylic acids is 1. The molecule has 0 radical (unpaired) electrons. The molecular weight excluding hydrogens is 206 g/mol. The molecule has 4 nitrogen and oxygen atoms in total. The number of ether oxygens (including phenoxy) is 1. The maximum Gasteiger partial charge on any atom is 0.269 e. The molecule has 1 amide bonds. The first kappa shape index (κ1) is 12.3. The molecule has 0 saturated heterocycles. The summed E-state index contributed by atoms with van der Waals surface area (Å²) in [6.45, 7) is 0. The first-order valence-corrected chi connectivity index (χ1v) is 4.81.